The van der Waals surface area contributed by atoms with Gasteiger partial charge in [0.2, 0.25) is 0 Å². The van der Waals surface area contributed by atoms with E-state index < -0.39 is 0 Å². The largest absolute Gasteiger partial charge is 0.277 e. The van der Waals surface area contributed by atoms with Gasteiger partial charge in [0.05, 0.1) is 11.4 Å². The topological polar surface area (TPSA) is 28.7 Å². The molecule has 0 saturated carbocycles. The van der Waals surface area contributed by atoms with Gasteiger partial charge in [-0.15, -0.1) is 0 Å². The van der Waals surface area contributed by atoms with Crippen molar-refractivity contribution in [3.8, 4) is 11.3 Å². The number of nitrogens with one attached hydrogen (secondary N) is 1. The highest BCUT2D eigenvalue weighted by molar-refractivity contribution is 5.80. The molecule has 0 aliphatic heterocycles. The Morgan fingerprint density at radius 3 is 2.94 bits per heavy atom. The normalized spacial score (nSPS) is 17.2. The molecule has 4 rings (SSSR count). The lowest BCUT2D eigenvalue weighted by atomic mass is 9.94. The Labute approximate surface area is 107 Å². The van der Waals surface area contributed by atoms with Crippen LogP contribution in [0.5, 0.6) is 0 Å². The average molecular weight is 236 g/mol. The molecule has 0 atom stereocenters. The lowest BCUT2D eigenvalue weighted by Gasteiger charge is -2.11. The number of allylic oxidation sites excluding steroid dienone is 2. The van der Waals surface area contributed by atoms with Crippen molar-refractivity contribution in [1.82, 2.24) is 10.2 Å². The van der Waals surface area contributed by atoms with Crippen LogP contribution in [0.25, 0.3) is 16.8 Å². The number of rotatable bonds is 1. The molecule has 1 aromatic heterocycles. The smallest absolute Gasteiger partial charge is 0.0919 e. The van der Waals surface area contributed by atoms with E-state index in [1.807, 2.05) is 0 Å². The predicted molar refractivity (Wildman–Crippen MR) is 73.3 cm³/mol. The van der Waals surface area contributed by atoms with Crippen LogP contribution in [0.3, 0.4) is 0 Å². The molecule has 2 heteroatoms. The van der Waals surface area contributed by atoms with E-state index >= 15 is 0 Å². The summed E-state index contributed by atoms with van der Waals surface area (Å²) in [7, 11) is 0. The number of nitrogens with zero attached hydrogens (tertiary/aromatic N) is 1. The molecule has 1 heterocycles. The number of hydrogen-bond acceptors (Lipinski definition) is 1. The van der Waals surface area contributed by atoms with Gasteiger partial charge in [0.15, 0.2) is 0 Å². The van der Waals surface area contributed by atoms with E-state index in [1.54, 1.807) is 0 Å². The molecule has 1 N–H and O–H groups in total. The van der Waals surface area contributed by atoms with E-state index in [0.29, 0.717) is 0 Å². The fourth-order valence-electron chi connectivity index (χ4n) is 3.19. The molecule has 1 aromatic carbocycles. The molecule has 18 heavy (non-hydrogen) atoms. The Morgan fingerprint density at radius 2 is 2.06 bits per heavy atom. The number of aromatic nitrogens is 2. The van der Waals surface area contributed by atoms with Crippen molar-refractivity contribution in [1.29, 1.82) is 0 Å². The monoisotopic (exact) mass is 236 g/mol. The SMILES string of the molecule is C1=C(c2n[nH]c3c2Cc2ccccc2-3)CCCC1. The van der Waals surface area contributed by atoms with E-state index in [4.69, 9.17) is 0 Å². The first-order valence-electron chi connectivity index (χ1n) is 6.78. The van der Waals surface area contributed by atoms with Gasteiger partial charge in [-0.2, -0.15) is 5.10 Å². The summed E-state index contributed by atoms with van der Waals surface area (Å²) in [4.78, 5) is 0. The van der Waals surface area contributed by atoms with Crippen LogP contribution in [0.1, 0.15) is 42.5 Å². The molecule has 0 spiro atoms. The quantitative estimate of drug-likeness (QED) is 0.681. The minimum absolute atomic E-state index is 1.04. The summed E-state index contributed by atoms with van der Waals surface area (Å²) in [5.74, 6) is 0. The molecule has 2 aliphatic carbocycles. The van der Waals surface area contributed by atoms with E-state index in [9.17, 15) is 0 Å². The van der Waals surface area contributed by atoms with Gasteiger partial charge in [-0.3, -0.25) is 5.10 Å². The van der Waals surface area contributed by atoms with Gasteiger partial charge in [0.1, 0.15) is 0 Å². The van der Waals surface area contributed by atoms with Crippen LogP contribution in [0, 0.1) is 0 Å². The molecule has 0 bridgehead atoms. The summed E-state index contributed by atoms with van der Waals surface area (Å²) in [6.45, 7) is 0. The number of benzene rings is 1. The van der Waals surface area contributed by atoms with Crippen molar-refractivity contribution in [3.63, 3.8) is 0 Å². The van der Waals surface area contributed by atoms with Crippen LogP contribution >= 0.6 is 0 Å². The molecule has 2 nitrogen and oxygen atoms in total. The van der Waals surface area contributed by atoms with Crippen LogP contribution in [0.15, 0.2) is 30.3 Å². The van der Waals surface area contributed by atoms with Gasteiger partial charge < -0.3 is 0 Å². The third kappa shape index (κ3) is 1.38. The zero-order valence-electron chi connectivity index (χ0n) is 10.4. The number of aromatic amines is 1. The summed E-state index contributed by atoms with van der Waals surface area (Å²) in [5, 5.41) is 7.82. The Morgan fingerprint density at radius 1 is 1.11 bits per heavy atom. The minimum Gasteiger partial charge on any atom is -0.277 e. The first-order chi connectivity index (χ1) is 8.93. The Bertz CT molecular complexity index is 634. The van der Waals surface area contributed by atoms with Crippen molar-refractivity contribution < 1.29 is 0 Å². The Balaban J connectivity index is 1.82. The van der Waals surface area contributed by atoms with Gasteiger partial charge in [-0.1, -0.05) is 30.3 Å². The van der Waals surface area contributed by atoms with Crippen molar-refractivity contribution in [2.24, 2.45) is 0 Å². The van der Waals surface area contributed by atoms with Crippen LogP contribution in [0.2, 0.25) is 0 Å². The molecule has 0 saturated heterocycles. The van der Waals surface area contributed by atoms with Crippen molar-refractivity contribution in [2.45, 2.75) is 32.1 Å². The maximum absolute atomic E-state index is 4.57. The third-order valence-corrected chi connectivity index (χ3v) is 4.12. The number of H-pyrrole nitrogens is 1. The molecule has 0 amide bonds. The lowest BCUT2D eigenvalue weighted by Crippen LogP contribution is -1.95. The average Bonchev–Trinajstić information content (AvgIpc) is 2.98. The molecule has 0 fully saturated rings. The van der Waals surface area contributed by atoms with Crippen LogP contribution in [0.4, 0.5) is 0 Å². The van der Waals surface area contributed by atoms with Crippen molar-refractivity contribution in [2.75, 3.05) is 0 Å². The van der Waals surface area contributed by atoms with Crippen molar-refractivity contribution in [3.05, 3.63) is 47.2 Å². The van der Waals surface area contributed by atoms with Crippen LogP contribution < -0.4 is 0 Å². The van der Waals surface area contributed by atoms with Crippen LogP contribution in [-0.2, 0) is 6.42 Å². The first-order valence-corrected chi connectivity index (χ1v) is 6.78. The lowest BCUT2D eigenvalue weighted by molar-refractivity contribution is 0.738. The number of fused-ring (bicyclic) bond motifs is 3. The first kappa shape index (κ1) is 10.1. The minimum atomic E-state index is 1.04. The summed E-state index contributed by atoms with van der Waals surface area (Å²) >= 11 is 0. The highest BCUT2D eigenvalue weighted by Crippen LogP contribution is 2.40. The van der Waals surface area contributed by atoms with Crippen LogP contribution in [-0.4, -0.2) is 10.2 Å². The van der Waals surface area contributed by atoms with Gasteiger partial charge in [-0.05, 0) is 36.8 Å². The molecule has 2 aliphatic rings. The summed E-state index contributed by atoms with van der Waals surface area (Å²) in [6, 6.07) is 8.65. The Kier molecular flexibility index (Phi) is 2.16. The fourth-order valence-corrected chi connectivity index (χ4v) is 3.19. The summed E-state index contributed by atoms with van der Waals surface area (Å²) in [6.07, 6.45) is 8.45. The van der Waals surface area contributed by atoms with E-state index in [1.165, 1.54) is 59.3 Å². The second kappa shape index (κ2) is 3.84. The molecule has 2 aromatic rings. The van der Waals surface area contributed by atoms with Gasteiger partial charge in [-0.25, -0.2) is 0 Å². The molecular weight excluding hydrogens is 220 g/mol. The molecule has 90 valence electrons. The summed E-state index contributed by atoms with van der Waals surface area (Å²) < 4.78 is 0. The number of hydrogen-bond donors (Lipinski definition) is 1. The zero-order valence-corrected chi connectivity index (χ0v) is 10.4. The molecule has 0 unspecified atom stereocenters. The van der Waals surface area contributed by atoms with Gasteiger partial charge in [0, 0.05) is 17.5 Å². The van der Waals surface area contributed by atoms with E-state index in [0.717, 1.165) is 6.42 Å². The maximum Gasteiger partial charge on any atom is 0.0919 e. The van der Waals surface area contributed by atoms with Gasteiger partial charge in [0.25, 0.3) is 0 Å². The maximum atomic E-state index is 4.57. The summed E-state index contributed by atoms with van der Waals surface area (Å²) in [5.41, 5.74) is 8.09. The fraction of sp³-hybridized carbons (Fsp3) is 0.312. The van der Waals surface area contributed by atoms with E-state index in [2.05, 4.69) is 40.5 Å². The standard InChI is InChI=1S/C16H16N2/c1-2-6-11(7-3-1)15-14-10-12-8-4-5-9-13(12)16(14)18-17-15/h4-6,8-9H,1-3,7,10H2,(H,17,18). The zero-order chi connectivity index (χ0) is 11.9. The highest BCUT2D eigenvalue weighted by Gasteiger charge is 2.25. The van der Waals surface area contributed by atoms with Gasteiger partial charge >= 0.3 is 0 Å². The van der Waals surface area contributed by atoms with E-state index in [-0.39, 0.29) is 0 Å². The third-order valence-electron chi connectivity index (χ3n) is 4.12. The molecule has 0 radical (unpaired) electrons. The Hall–Kier alpha value is -1.83. The predicted octanol–water partition coefficient (Wildman–Crippen LogP) is 3.94. The molecular formula is C16H16N2. The highest BCUT2D eigenvalue weighted by atomic mass is 15.1. The van der Waals surface area contributed by atoms with Crippen molar-refractivity contribution >= 4 is 5.57 Å². The second-order valence-electron chi connectivity index (χ2n) is 5.23. The second-order valence-corrected chi connectivity index (χ2v) is 5.23.